The lowest BCUT2D eigenvalue weighted by molar-refractivity contribution is -0.920. The van der Waals surface area contributed by atoms with E-state index in [-0.39, 0.29) is 5.91 Å². The van der Waals surface area contributed by atoms with Gasteiger partial charge in [-0.25, -0.2) is 0 Å². The van der Waals surface area contributed by atoms with Gasteiger partial charge in [0.15, 0.2) is 18.0 Å². The molecule has 0 radical (unpaired) electrons. The van der Waals surface area contributed by atoms with Gasteiger partial charge in [0, 0.05) is 11.8 Å². The Bertz CT molecular complexity index is 490. The molecule has 1 aliphatic rings. The number of amides is 1. The number of rotatable bonds is 5. The first-order valence-corrected chi connectivity index (χ1v) is 7.50. The predicted molar refractivity (Wildman–Crippen MR) is 82.2 cm³/mol. The Labute approximate surface area is 126 Å². The Balaban J connectivity index is 1.96. The first-order chi connectivity index (χ1) is 10.1. The average Bonchev–Trinajstić information content (AvgIpc) is 2.49. The Hall–Kier alpha value is -1.75. The second-order valence-corrected chi connectivity index (χ2v) is 5.60. The van der Waals surface area contributed by atoms with Crippen LogP contribution in [-0.4, -0.2) is 39.3 Å². The summed E-state index contributed by atoms with van der Waals surface area (Å²) in [5.74, 6) is 1.32. The smallest absolute Gasteiger partial charge is 0.279 e. The summed E-state index contributed by atoms with van der Waals surface area (Å²) in [7, 11) is 3.18. The summed E-state index contributed by atoms with van der Waals surface area (Å²) in [4.78, 5) is 13.6. The number of hydrogen-bond acceptors (Lipinski definition) is 3. The minimum atomic E-state index is 0.0472. The molecule has 2 atom stereocenters. The molecule has 1 heterocycles. The molecule has 1 aromatic carbocycles. The summed E-state index contributed by atoms with van der Waals surface area (Å²) < 4.78 is 10.4. The van der Waals surface area contributed by atoms with Crippen LogP contribution in [0.1, 0.15) is 26.2 Å². The fraction of sp³-hybridized carbons (Fsp3) is 0.562. The standard InChI is InChI=1S/C16H24N2O3/c1-12-6-4-5-9-18(12)11-16(19)17-13-7-8-14(20-2)15(10-13)21-3/h7-8,10,12H,4-6,9,11H2,1-3H3,(H,17,19)/p+1/t12-/m0/s1. The van der Waals surface area contributed by atoms with Crippen molar-refractivity contribution in [2.45, 2.75) is 32.2 Å². The lowest BCUT2D eigenvalue weighted by Crippen LogP contribution is -3.17. The molecule has 0 bridgehead atoms. The van der Waals surface area contributed by atoms with Crippen molar-refractivity contribution in [2.24, 2.45) is 0 Å². The molecule has 2 rings (SSSR count). The number of likely N-dealkylation sites (tertiary alicyclic amines) is 1. The van der Waals surface area contributed by atoms with E-state index in [2.05, 4.69) is 12.2 Å². The molecule has 5 heteroatoms. The maximum atomic E-state index is 12.2. The maximum absolute atomic E-state index is 12.2. The Morgan fingerprint density at radius 2 is 2.05 bits per heavy atom. The number of anilines is 1. The molecular formula is C16H25N2O3+. The molecule has 1 fully saturated rings. The Morgan fingerprint density at radius 3 is 2.71 bits per heavy atom. The van der Waals surface area contributed by atoms with Gasteiger partial charge in [0.2, 0.25) is 0 Å². The van der Waals surface area contributed by atoms with Crippen molar-refractivity contribution in [1.82, 2.24) is 0 Å². The highest BCUT2D eigenvalue weighted by molar-refractivity contribution is 5.91. The predicted octanol–water partition coefficient (Wildman–Crippen LogP) is 1.10. The minimum absolute atomic E-state index is 0.0472. The number of carbonyl (C=O) groups is 1. The zero-order valence-corrected chi connectivity index (χ0v) is 13.1. The third kappa shape index (κ3) is 4.11. The molecule has 116 valence electrons. The van der Waals surface area contributed by atoms with Crippen molar-refractivity contribution in [3.63, 3.8) is 0 Å². The van der Waals surface area contributed by atoms with Crippen LogP contribution in [0.25, 0.3) is 0 Å². The van der Waals surface area contributed by atoms with Crippen LogP contribution in [-0.2, 0) is 4.79 Å². The Kier molecular flexibility index (Phi) is 5.44. The number of nitrogens with one attached hydrogen (secondary N) is 2. The molecule has 0 saturated carbocycles. The van der Waals surface area contributed by atoms with E-state index in [9.17, 15) is 4.79 Å². The van der Waals surface area contributed by atoms with Crippen molar-refractivity contribution in [2.75, 3.05) is 32.6 Å². The van der Waals surface area contributed by atoms with Crippen molar-refractivity contribution in [1.29, 1.82) is 0 Å². The number of methoxy groups -OCH3 is 2. The third-order valence-corrected chi connectivity index (χ3v) is 4.14. The van der Waals surface area contributed by atoms with Gasteiger partial charge in [-0.2, -0.15) is 0 Å². The first kappa shape index (κ1) is 15.6. The van der Waals surface area contributed by atoms with Crippen LogP contribution in [0.15, 0.2) is 18.2 Å². The molecule has 1 saturated heterocycles. The van der Waals surface area contributed by atoms with E-state index in [0.29, 0.717) is 24.1 Å². The monoisotopic (exact) mass is 293 g/mol. The Morgan fingerprint density at radius 1 is 1.29 bits per heavy atom. The summed E-state index contributed by atoms with van der Waals surface area (Å²) in [5, 5.41) is 2.94. The summed E-state index contributed by atoms with van der Waals surface area (Å²) in [5.41, 5.74) is 0.738. The second-order valence-electron chi connectivity index (χ2n) is 5.60. The number of carbonyl (C=O) groups excluding carboxylic acids is 1. The number of hydrogen-bond donors (Lipinski definition) is 2. The van der Waals surface area contributed by atoms with E-state index in [1.807, 2.05) is 6.07 Å². The average molecular weight is 293 g/mol. The molecule has 1 aromatic rings. The SMILES string of the molecule is COc1ccc(NC(=O)C[NH+]2CCCC[C@@H]2C)cc1OC. The van der Waals surface area contributed by atoms with Crippen LogP contribution in [0, 0.1) is 0 Å². The second kappa shape index (κ2) is 7.31. The van der Waals surface area contributed by atoms with Gasteiger partial charge in [-0.1, -0.05) is 0 Å². The van der Waals surface area contributed by atoms with Gasteiger partial charge in [-0.15, -0.1) is 0 Å². The van der Waals surface area contributed by atoms with Crippen LogP contribution < -0.4 is 19.7 Å². The van der Waals surface area contributed by atoms with Gasteiger partial charge in [0.05, 0.1) is 26.8 Å². The highest BCUT2D eigenvalue weighted by Crippen LogP contribution is 2.29. The minimum Gasteiger partial charge on any atom is -0.493 e. The van der Waals surface area contributed by atoms with Crippen LogP contribution in [0.5, 0.6) is 11.5 Å². The van der Waals surface area contributed by atoms with Crippen molar-refractivity contribution < 1.29 is 19.2 Å². The molecule has 1 unspecified atom stereocenters. The van der Waals surface area contributed by atoms with Crippen molar-refractivity contribution >= 4 is 11.6 Å². The lowest BCUT2D eigenvalue weighted by atomic mass is 10.0. The van der Waals surface area contributed by atoms with Crippen molar-refractivity contribution in [3.8, 4) is 11.5 Å². The van der Waals surface area contributed by atoms with Crippen LogP contribution in [0.4, 0.5) is 5.69 Å². The summed E-state index contributed by atoms with van der Waals surface area (Å²) in [6.45, 7) is 3.83. The fourth-order valence-corrected chi connectivity index (χ4v) is 2.84. The lowest BCUT2D eigenvalue weighted by Gasteiger charge is -2.29. The normalized spacial score (nSPS) is 21.7. The van der Waals surface area contributed by atoms with E-state index in [0.717, 1.165) is 12.2 Å². The van der Waals surface area contributed by atoms with E-state index in [1.165, 1.54) is 24.2 Å². The largest absolute Gasteiger partial charge is 0.493 e. The number of piperidine rings is 1. The van der Waals surface area contributed by atoms with E-state index in [1.54, 1.807) is 26.4 Å². The van der Waals surface area contributed by atoms with Crippen molar-refractivity contribution in [3.05, 3.63) is 18.2 Å². The summed E-state index contributed by atoms with van der Waals surface area (Å²) >= 11 is 0. The van der Waals surface area contributed by atoms with Gasteiger partial charge in [0.1, 0.15) is 0 Å². The van der Waals surface area contributed by atoms with Gasteiger partial charge >= 0.3 is 0 Å². The zero-order chi connectivity index (χ0) is 15.2. The summed E-state index contributed by atoms with van der Waals surface area (Å²) in [6, 6.07) is 5.97. The maximum Gasteiger partial charge on any atom is 0.279 e. The van der Waals surface area contributed by atoms with Gasteiger partial charge in [-0.3, -0.25) is 4.79 Å². The molecular weight excluding hydrogens is 268 g/mol. The molecule has 1 aliphatic heterocycles. The molecule has 5 nitrogen and oxygen atoms in total. The van der Waals surface area contributed by atoms with Gasteiger partial charge < -0.3 is 19.7 Å². The molecule has 0 aliphatic carbocycles. The topological polar surface area (TPSA) is 52.0 Å². The quantitative estimate of drug-likeness (QED) is 0.855. The summed E-state index contributed by atoms with van der Waals surface area (Å²) in [6.07, 6.45) is 3.70. The first-order valence-electron chi connectivity index (χ1n) is 7.50. The molecule has 2 N–H and O–H groups in total. The highest BCUT2D eigenvalue weighted by atomic mass is 16.5. The molecule has 21 heavy (non-hydrogen) atoms. The highest BCUT2D eigenvalue weighted by Gasteiger charge is 2.24. The molecule has 1 amide bonds. The fourth-order valence-electron chi connectivity index (χ4n) is 2.84. The number of ether oxygens (including phenoxy) is 2. The number of quaternary nitrogens is 1. The van der Waals surface area contributed by atoms with Crippen LogP contribution >= 0.6 is 0 Å². The van der Waals surface area contributed by atoms with E-state index in [4.69, 9.17) is 9.47 Å². The van der Waals surface area contributed by atoms with E-state index >= 15 is 0 Å². The van der Waals surface area contributed by atoms with Gasteiger partial charge in [-0.05, 0) is 38.3 Å². The molecule has 0 spiro atoms. The zero-order valence-electron chi connectivity index (χ0n) is 13.1. The molecule has 0 aromatic heterocycles. The third-order valence-electron chi connectivity index (χ3n) is 4.14. The van der Waals surface area contributed by atoms with E-state index < -0.39 is 0 Å². The van der Waals surface area contributed by atoms with Gasteiger partial charge in [0.25, 0.3) is 5.91 Å². The van der Waals surface area contributed by atoms with Crippen LogP contribution in [0.3, 0.4) is 0 Å². The number of benzene rings is 1. The van der Waals surface area contributed by atoms with Crippen LogP contribution in [0.2, 0.25) is 0 Å².